The number of halogens is 1. The van der Waals surface area contributed by atoms with Gasteiger partial charge >= 0.3 is 0 Å². The second-order valence-electron chi connectivity index (χ2n) is 1.21. The number of alkyl halides is 1. The third kappa shape index (κ3) is 7.58. The van der Waals surface area contributed by atoms with E-state index < -0.39 is 17.4 Å². The van der Waals surface area contributed by atoms with Gasteiger partial charge in [0.05, 0.1) is 6.26 Å². The van der Waals surface area contributed by atoms with Crippen LogP contribution in [0.2, 0.25) is 0 Å². The second-order valence-corrected chi connectivity index (χ2v) is 2.00. The van der Waals surface area contributed by atoms with E-state index in [4.69, 9.17) is 0 Å². The molecule has 0 amide bonds. The van der Waals surface area contributed by atoms with Gasteiger partial charge in [-0.1, -0.05) is 0 Å². The number of hydrogen-bond acceptors (Lipinski definition) is 3. The highest BCUT2D eigenvalue weighted by atomic mass is 32.2. The van der Waals surface area contributed by atoms with Crippen LogP contribution in [0.25, 0.3) is 0 Å². The highest BCUT2D eigenvalue weighted by Crippen LogP contribution is 1.91. The average Bonchev–Trinajstić information content (AvgIpc) is 1.63. The summed E-state index contributed by atoms with van der Waals surface area (Å²) >= 11 is -2.30. The number of rotatable bonds is 3. The molecule has 0 heterocycles. The Hall–Kier alpha value is -0.420. The molecule has 0 aromatic heterocycles. The zero-order chi connectivity index (χ0) is 7.28. The van der Waals surface area contributed by atoms with E-state index in [1.165, 1.54) is 0 Å². The Morgan fingerprint density at radius 1 is 1.89 bits per heavy atom. The zero-order valence-corrected chi connectivity index (χ0v) is 5.56. The van der Waals surface area contributed by atoms with Gasteiger partial charge in [-0.25, -0.2) is 4.39 Å². The molecular weight excluding hydrogens is 147 g/mol. The van der Waals surface area contributed by atoms with Crippen molar-refractivity contribution in [2.45, 2.75) is 13.3 Å². The standard InChI is InChI=1S/C4H7FO3S/c1-4(5)8-2-3-9(6)7/h2-4H,1H3,(H,6,7)/p-1. The van der Waals surface area contributed by atoms with E-state index in [2.05, 4.69) is 4.74 Å². The lowest BCUT2D eigenvalue weighted by atomic mass is 10.8. The van der Waals surface area contributed by atoms with Crippen molar-refractivity contribution < 1.29 is 17.9 Å². The summed E-state index contributed by atoms with van der Waals surface area (Å²) in [6.07, 6.45) is -0.682. The van der Waals surface area contributed by atoms with Crippen LogP contribution in [0.5, 0.6) is 0 Å². The van der Waals surface area contributed by atoms with Gasteiger partial charge < -0.3 is 9.29 Å². The first-order chi connectivity index (χ1) is 4.13. The van der Waals surface area contributed by atoms with Crippen molar-refractivity contribution in [3.8, 4) is 0 Å². The first-order valence-corrected chi connectivity index (χ1v) is 3.31. The molecule has 9 heavy (non-hydrogen) atoms. The Kier molecular flexibility index (Phi) is 4.25. The average molecular weight is 153 g/mol. The van der Waals surface area contributed by atoms with Gasteiger partial charge in [-0.2, -0.15) is 0 Å². The van der Waals surface area contributed by atoms with Crippen LogP contribution in [0.3, 0.4) is 0 Å². The topological polar surface area (TPSA) is 49.4 Å². The van der Waals surface area contributed by atoms with E-state index >= 15 is 0 Å². The molecule has 0 aliphatic rings. The van der Waals surface area contributed by atoms with E-state index in [1.54, 1.807) is 0 Å². The Morgan fingerprint density at radius 3 is 2.78 bits per heavy atom. The molecule has 0 rings (SSSR count). The van der Waals surface area contributed by atoms with E-state index in [0.717, 1.165) is 18.6 Å². The fourth-order valence-corrected chi connectivity index (χ4v) is 0.341. The van der Waals surface area contributed by atoms with Gasteiger partial charge in [0.15, 0.2) is 0 Å². The predicted molar refractivity (Wildman–Crippen MR) is 29.7 cm³/mol. The molecule has 0 radical (unpaired) electrons. The van der Waals surface area contributed by atoms with Crippen LogP contribution in [0, 0.1) is 0 Å². The van der Waals surface area contributed by atoms with Gasteiger partial charge in [0.2, 0.25) is 6.36 Å². The Balaban J connectivity index is 3.36. The highest BCUT2D eigenvalue weighted by Gasteiger charge is 1.88. The van der Waals surface area contributed by atoms with Crippen LogP contribution in [-0.4, -0.2) is 15.1 Å². The van der Waals surface area contributed by atoms with Crippen molar-refractivity contribution in [1.29, 1.82) is 0 Å². The summed E-state index contributed by atoms with van der Waals surface area (Å²) in [6, 6.07) is 0. The molecule has 0 saturated heterocycles. The molecule has 0 fully saturated rings. The van der Waals surface area contributed by atoms with Crippen molar-refractivity contribution in [2.24, 2.45) is 0 Å². The third-order valence-electron chi connectivity index (χ3n) is 0.433. The fourth-order valence-electron chi connectivity index (χ4n) is 0.186. The summed E-state index contributed by atoms with van der Waals surface area (Å²) in [5.41, 5.74) is 0. The van der Waals surface area contributed by atoms with Crippen LogP contribution in [0.4, 0.5) is 4.39 Å². The molecule has 0 aliphatic carbocycles. The van der Waals surface area contributed by atoms with Crippen molar-refractivity contribution in [2.75, 3.05) is 0 Å². The first-order valence-electron chi connectivity index (χ1n) is 2.17. The number of ether oxygens (including phenoxy) is 1. The maximum atomic E-state index is 11.7. The van der Waals surface area contributed by atoms with Gasteiger partial charge in [0.25, 0.3) is 0 Å². The van der Waals surface area contributed by atoms with Gasteiger partial charge in [-0.15, -0.1) is 0 Å². The molecule has 2 unspecified atom stereocenters. The molecule has 54 valence electrons. The first kappa shape index (κ1) is 8.58. The summed E-state index contributed by atoms with van der Waals surface area (Å²) in [6.45, 7) is 1.15. The minimum atomic E-state index is -2.30. The Labute approximate surface area is 54.8 Å². The molecule has 2 atom stereocenters. The smallest absolute Gasteiger partial charge is 0.234 e. The summed E-state index contributed by atoms with van der Waals surface area (Å²) < 4.78 is 35.2. The zero-order valence-electron chi connectivity index (χ0n) is 4.74. The molecule has 5 heteroatoms. The minimum absolute atomic E-state index is 0.718. The lowest BCUT2D eigenvalue weighted by Crippen LogP contribution is -1.92. The van der Waals surface area contributed by atoms with Crippen LogP contribution in [0.15, 0.2) is 11.7 Å². The molecule has 0 bridgehead atoms. The Morgan fingerprint density at radius 2 is 2.44 bits per heavy atom. The quantitative estimate of drug-likeness (QED) is 0.442. The normalized spacial score (nSPS) is 17.7. The third-order valence-corrected chi connectivity index (χ3v) is 0.766. The van der Waals surface area contributed by atoms with Crippen molar-refractivity contribution in [3.63, 3.8) is 0 Å². The van der Waals surface area contributed by atoms with E-state index in [9.17, 15) is 13.2 Å². The van der Waals surface area contributed by atoms with Gasteiger partial charge in [-0.3, -0.25) is 4.21 Å². The SMILES string of the molecule is CC(F)OC=CS(=O)[O-]. The monoisotopic (exact) mass is 153 g/mol. The second kappa shape index (κ2) is 4.46. The minimum Gasteiger partial charge on any atom is -0.769 e. The largest absolute Gasteiger partial charge is 0.769 e. The number of hydrogen-bond donors (Lipinski definition) is 0. The maximum Gasteiger partial charge on any atom is 0.234 e. The Bertz CT molecular complexity index is 123. The van der Waals surface area contributed by atoms with E-state index in [-0.39, 0.29) is 0 Å². The van der Waals surface area contributed by atoms with Crippen LogP contribution in [0.1, 0.15) is 6.92 Å². The molecule has 0 aliphatic heterocycles. The van der Waals surface area contributed by atoms with Crippen molar-refractivity contribution in [1.82, 2.24) is 0 Å². The van der Waals surface area contributed by atoms with Crippen molar-refractivity contribution in [3.05, 3.63) is 11.7 Å². The van der Waals surface area contributed by atoms with Crippen LogP contribution >= 0.6 is 0 Å². The highest BCUT2D eigenvalue weighted by molar-refractivity contribution is 7.82. The molecular formula is C4H6FO3S-. The molecule has 0 spiro atoms. The van der Waals surface area contributed by atoms with Crippen LogP contribution < -0.4 is 0 Å². The van der Waals surface area contributed by atoms with Crippen molar-refractivity contribution >= 4 is 11.1 Å². The molecule has 0 aromatic rings. The summed E-state index contributed by atoms with van der Waals surface area (Å²) in [4.78, 5) is 0. The summed E-state index contributed by atoms with van der Waals surface area (Å²) in [5.74, 6) is 0. The molecule has 0 N–H and O–H groups in total. The van der Waals surface area contributed by atoms with Gasteiger partial charge in [-0.05, 0) is 11.1 Å². The van der Waals surface area contributed by atoms with E-state index in [0.29, 0.717) is 0 Å². The maximum absolute atomic E-state index is 11.7. The van der Waals surface area contributed by atoms with Gasteiger partial charge in [0.1, 0.15) is 0 Å². The summed E-state index contributed by atoms with van der Waals surface area (Å²) in [5, 5.41) is 0.718. The molecule has 0 aromatic carbocycles. The molecule has 0 saturated carbocycles. The van der Waals surface area contributed by atoms with Gasteiger partial charge in [0, 0.05) is 12.3 Å². The fraction of sp³-hybridized carbons (Fsp3) is 0.500. The molecule has 3 nitrogen and oxygen atoms in total. The lowest BCUT2D eigenvalue weighted by molar-refractivity contribution is 0.0422. The lowest BCUT2D eigenvalue weighted by Gasteiger charge is -1.99. The summed E-state index contributed by atoms with van der Waals surface area (Å²) in [7, 11) is 0. The predicted octanol–water partition coefficient (Wildman–Crippen LogP) is 0.669. The van der Waals surface area contributed by atoms with E-state index in [1.807, 2.05) is 0 Å². The van der Waals surface area contributed by atoms with Crippen LogP contribution in [-0.2, 0) is 15.8 Å².